The molecule has 1 aliphatic heterocycles. The molecule has 3 heteroatoms. The molecule has 2 aliphatic rings. The third-order valence-corrected chi connectivity index (χ3v) is 4.44. The number of carbonyl (C=O) groups excluding carboxylic acids is 1. The van der Waals surface area contributed by atoms with Gasteiger partial charge in [0.05, 0.1) is 0 Å². The lowest BCUT2D eigenvalue weighted by Gasteiger charge is -2.19. The number of esters is 1. The maximum Gasteiger partial charge on any atom is 0.340 e. The largest absolute Gasteiger partial charge is 0.405 e. The van der Waals surface area contributed by atoms with Crippen LogP contribution in [-0.2, 0) is 9.53 Å². The summed E-state index contributed by atoms with van der Waals surface area (Å²) in [4.78, 5) is 17.1. The van der Waals surface area contributed by atoms with E-state index in [0.29, 0.717) is 5.90 Å². The van der Waals surface area contributed by atoms with Crippen molar-refractivity contribution < 1.29 is 9.53 Å². The summed E-state index contributed by atoms with van der Waals surface area (Å²) in [5.74, 6) is 0.313. The summed E-state index contributed by atoms with van der Waals surface area (Å²) < 4.78 is 5.55. The van der Waals surface area contributed by atoms with Crippen LogP contribution >= 0.6 is 0 Å². The minimum absolute atomic E-state index is 0.181. The van der Waals surface area contributed by atoms with Crippen LogP contribution in [0.2, 0.25) is 0 Å². The van der Waals surface area contributed by atoms with Gasteiger partial charge in [0.2, 0.25) is 5.90 Å². The molecule has 1 aliphatic carbocycles. The van der Waals surface area contributed by atoms with Crippen molar-refractivity contribution in [3.05, 3.63) is 34.2 Å². The van der Waals surface area contributed by atoms with E-state index in [1.165, 1.54) is 10.4 Å². The van der Waals surface area contributed by atoms with Crippen LogP contribution in [0.15, 0.2) is 23.2 Å². The van der Waals surface area contributed by atoms with Crippen LogP contribution in [0.25, 0.3) is 12.2 Å². The fourth-order valence-corrected chi connectivity index (χ4v) is 3.39. The highest BCUT2D eigenvalue weighted by molar-refractivity contribution is 6.07. The molecule has 0 saturated heterocycles. The van der Waals surface area contributed by atoms with Crippen LogP contribution in [0.4, 0.5) is 0 Å². The van der Waals surface area contributed by atoms with Gasteiger partial charge in [0.15, 0.2) is 5.54 Å². The lowest BCUT2D eigenvalue weighted by Crippen LogP contribution is -2.33. The van der Waals surface area contributed by atoms with Gasteiger partial charge in [0.1, 0.15) is 0 Å². The van der Waals surface area contributed by atoms with Crippen molar-refractivity contribution in [2.45, 2.75) is 57.9 Å². The van der Waals surface area contributed by atoms with Gasteiger partial charge >= 0.3 is 5.97 Å². The molecule has 116 valence electrons. The lowest BCUT2D eigenvalue weighted by molar-refractivity contribution is -0.139. The molecule has 0 amide bonds. The predicted molar refractivity (Wildman–Crippen MR) is 89.0 cm³/mol. The fourth-order valence-electron chi connectivity index (χ4n) is 3.39. The molecule has 22 heavy (non-hydrogen) atoms. The average molecular weight is 297 g/mol. The fraction of sp³-hybridized carbons (Fsp3) is 0.474. The zero-order valence-electron chi connectivity index (χ0n) is 13.4. The molecule has 0 saturated carbocycles. The minimum atomic E-state index is -0.662. The number of benzene rings is 1. The molecule has 1 heterocycles. The van der Waals surface area contributed by atoms with Gasteiger partial charge in [-0.3, -0.25) is 0 Å². The van der Waals surface area contributed by atoms with Crippen molar-refractivity contribution in [2.24, 2.45) is 4.99 Å². The number of cyclic esters (lactones) is 1. The van der Waals surface area contributed by atoms with Crippen molar-refractivity contribution in [3.63, 3.8) is 0 Å². The van der Waals surface area contributed by atoms with Gasteiger partial charge in [-0.25, -0.2) is 9.79 Å². The molecule has 0 bridgehead atoms. The van der Waals surface area contributed by atoms with Crippen molar-refractivity contribution in [2.75, 3.05) is 0 Å². The number of hydrogen-bond acceptors (Lipinski definition) is 3. The number of nitrogens with zero attached hydrogens (tertiary/aromatic N) is 1. The Hall–Kier alpha value is -1.90. The molecule has 1 aromatic carbocycles. The first kappa shape index (κ1) is 15.0. The highest BCUT2D eigenvalue weighted by Gasteiger charge is 2.44. The van der Waals surface area contributed by atoms with E-state index in [1.807, 2.05) is 6.07 Å². The minimum Gasteiger partial charge on any atom is -0.405 e. The highest BCUT2D eigenvalue weighted by Crippen LogP contribution is 2.32. The second kappa shape index (κ2) is 6.07. The molecular formula is C19H23NO2. The second-order valence-electron chi connectivity index (χ2n) is 6.17. The number of hydrogen-bond donors (Lipinski definition) is 0. The number of fused-ring (bicyclic) bond motifs is 1. The normalized spacial score (nSPS) is 18.8. The lowest BCUT2D eigenvalue weighted by atomic mass is 9.90. The molecule has 0 atom stereocenters. The Kier molecular flexibility index (Phi) is 4.14. The first-order valence-electron chi connectivity index (χ1n) is 8.31. The third-order valence-electron chi connectivity index (χ3n) is 4.44. The number of carbonyl (C=O) groups is 1. The maximum absolute atomic E-state index is 12.4. The highest BCUT2D eigenvalue weighted by atomic mass is 16.6. The first-order chi connectivity index (χ1) is 10.7. The average Bonchev–Trinajstić information content (AvgIpc) is 2.84. The van der Waals surface area contributed by atoms with Gasteiger partial charge in [-0.15, -0.1) is 0 Å². The number of aliphatic imine (C=N–C) groups is 1. The van der Waals surface area contributed by atoms with E-state index in [0.717, 1.165) is 44.1 Å². The first-order valence-corrected chi connectivity index (χ1v) is 8.31. The summed E-state index contributed by atoms with van der Waals surface area (Å²) in [5, 5.41) is 2.47. The van der Waals surface area contributed by atoms with Crippen molar-refractivity contribution >= 4 is 24.0 Å². The third kappa shape index (κ3) is 2.60. The molecule has 0 N–H and O–H groups in total. The SMILES string of the molecule is CCCC1(CCC)N=C(c2ccc3c(c2)=CCCC=3)OC1=O. The topological polar surface area (TPSA) is 38.7 Å². The molecule has 0 fully saturated rings. The van der Waals surface area contributed by atoms with Gasteiger partial charge in [-0.2, -0.15) is 0 Å². The molecule has 1 aromatic rings. The number of ether oxygens (including phenoxy) is 1. The van der Waals surface area contributed by atoms with Gasteiger partial charge in [-0.05, 0) is 48.3 Å². The van der Waals surface area contributed by atoms with Crippen molar-refractivity contribution in [1.82, 2.24) is 0 Å². The Morgan fingerprint density at radius 3 is 2.45 bits per heavy atom. The zero-order chi connectivity index (χ0) is 15.6. The monoisotopic (exact) mass is 297 g/mol. The van der Waals surface area contributed by atoms with E-state index in [9.17, 15) is 4.79 Å². The Morgan fingerprint density at radius 2 is 1.77 bits per heavy atom. The van der Waals surface area contributed by atoms with Crippen LogP contribution in [0.3, 0.4) is 0 Å². The molecule has 3 nitrogen and oxygen atoms in total. The van der Waals surface area contributed by atoms with Crippen molar-refractivity contribution in [1.29, 1.82) is 0 Å². The van der Waals surface area contributed by atoms with Crippen LogP contribution in [0.1, 0.15) is 57.9 Å². The summed E-state index contributed by atoms with van der Waals surface area (Å²) in [6.45, 7) is 4.17. The summed E-state index contributed by atoms with van der Waals surface area (Å²) >= 11 is 0. The van der Waals surface area contributed by atoms with Crippen LogP contribution < -0.4 is 10.4 Å². The van der Waals surface area contributed by atoms with E-state index in [-0.39, 0.29) is 5.97 Å². The summed E-state index contributed by atoms with van der Waals surface area (Å²) in [6, 6.07) is 6.19. The standard InChI is InChI=1S/C19H23NO2/c1-3-11-19(12-4-2)18(21)22-17(20-19)16-10-9-14-7-5-6-8-15(14)13-16/h7-10,13H,3-6,11-12H2,1-2H3. The molecule has 3 rings (SSSR count). The summed E-state index contributed by atoms with van der Waals surface area (Å²) in [5.41, 5.74) is 0.248. The van der Waals surface area contributed by atoms with E-state index < -0.39 is 5.54 Å². The Morgan fingerprint density at radius 1 is 1.09 bits per heavy atom. The van der Waals surface area contributed by atoms with E-state index >= 15 is 0 Å². The second-order valence-corrected chi connectivity index (χ2v) is 6.17. The number of rotatable bonds is 5. The van der Waals surface area contributed by atoms with E-state index in [1.54, 1.807) is 0 Å². The zero-order valence-corrected chi connectivity index (χ0v) is 13.4. The Labute approximate surface area is 131 Å². The predicted octanol–water partition coefficient (Wildman–Crippen LogP) is 2.68. The van der Waals surface area contributed by atoms with Gasteiger partial charge in [0, 0.05) is 5.56 Å². The van der Waals surface area contributed by atoms with Gasteiger partial charge in [-0.1, -0.05) is 44.9 Å². The maximum atomic E-state index is 12.4. The van der Waals surface area contributed by atoms with Crippen LogP contribution in [0, 0.1) is 0 Å². The van der Waals surface area contributed by atoms with Crippen molar-refractivity contribution in [3.8, 4) is 0 Å². The van der Waals surface area contributed by atoms with E-state index in [2.05, 4.69) is 38.1 Å². The molecule has 0 aromatic heterocycles. The van der Waals surface area contributed by atoms with E-state index in [4.69, 9.17) is 9.73 Å². The Balaban J connectivity index is 2.00. The molecular weight excluding hydrogens is 274 g/mol. The molecule has 0 radical (unpaired) electrons. The van der Waals surface area contributed by atoms with Crippen LogP contribution in [0.5, 0.6) is 0 Å². The summed E-state index contributed by atoms with van der Waals surface area (Å²) in [7, 11) is 0. The molecule has 0 spiro atoms. The summed E-state index contributed by atoms with van der Waals surface area (Å²) in [6.07, 6.45) is 10.0. The quantitative estimate of drug-likeness (QED) is 0.784. The van der Waals surface area contributed by atoms with Gasteiger partial charge in [0.25, 0.3) is 0 Å². The Bertz CT molecular complexity index is 724. The van der Waals surface area contributed by atoms with Crippen LogP contribution in [-0.4, -0.2) is 17.4 Å². The smallest absolute Gasteiger partial charge is 0.340 e. The van der Waals surface area contributed by atoms with Gasteiger partial charge < -0.3 is 4.74 Å². The molecule has 0 unspecified atom stereocenters.